The maximum absolute atomic E-state index is 12.4. The molecule has 142 valence electrons. The lowest BCUT2D eigenvalue weighted by Crippen LogP contribution is -2.54. The number of hydrogen-bond donors (Lipinski definition) is 2. The SMILES string of the molecule is O=C1CCC(C(=O)N2CCN(C(=O)CNC(=O)c3ccccc3)CC2)=NN1. The minimum Gasteiger partial charge on any atom is -0.343 e. The molecule has 9 nitrogen and oxygen atoms in total. The summed E-state index contributed by atoms with van der Waals surface area (Å²) in [5.74, 6) is -0.886. The van der Waals surface area contributed by atoms with E-state index in [1.807, 2.05) is 6.07 Å². The van der Waals surface area contributed by atoms with Crippen LogP contribution in [0.4, 0.5) is 0 Å². The molecule has 9 heteroatoms. The molecule has 0 bridgehead atoms. The van der Waals surface area contributed by atoms with E-state index < -0.39 is 0 Å². The first-order chi connectivity index (χ1) is 13.0. The molecule has 0 spiro atoms. The maximum Gasteiger partial charge on any atom is 0.270 e. The van der Waals surface area contributed by atoms with Gasteiger partial charge in [-0.15, -0.1) is 0 Å². The van der Waals surface area contributed by atoms with Gasteiger partial charge in [0.25, 0.3) is 11.8 Å². The van der Waals surface area contributed by atoms with Crippen molar-refractivity contribution < 1.29 is 19.2 Å². The third-order valence-electron chi connectivity index (χ3n) is 4.51. The summed E-state index contributed by atoms with van der Waals surface area (Å²) in [5.41, 5.74) is 3.16. The summed E-state index contributed by atoms with van der Waals surface area (Å²) in [7, 11) is 0. The first-order valence-corrected chi connectivity index (χ1v) is 8.80. The Balaban J connectivity index is 1.44. The molecule has 1 aromatic carbocycles. The molecule has 0 atom stereocenters. The monoisotopic (exact) mass is 371 g/mol. The van der Waals surface area contributed by atoms with Crippen molar-refractivity contribution in [1.82, 2.24) is 20.5 Å². The van der Waals surface area contributed by atoms with Crippen molar-refractivity contribution >= 4 is 29.3 Å². The third-order valence-corrected chi connectivity index (χ3v) is 4.51. The van der Waals surface area contributed by atoms with E-state index in [9.17, 15) is 19.2 Å². The lowest BCUT2D eigenvalue weighted by molar-refractivity contribution is -0.135. The molecule has 0 aliphatic carbocycles. The summed E-state index contributed by atoms with van der Waals surface area (Å²) in [6.07, 6.45) is 0.583. The average molecular weight is 371 g/mol. The van der Waals surface area contributed by atoms with Crippen molar-refractivity contribution in [2.75, 3.05) is 32.7 Å². The number of carbonyl (C=O) groups is 4. The fourth-order valence-electron chi connectivity index (χ4n) is 2.93. The lowest BCUT2D eigenvalue weighted by Gasteiger charge is -2.35. The largest absolute Gasteiger partial charge is 0.343 e. The van der Waals surface area contributed by atoms with Crippen molar-refractivity contribution in [3.8, 4) is 0 Å². The lowest BCUT2D eigenvalue weighted by atomic mass is 10.1. The summed E-state index contributed by atoms with van der Waals surface area (Å²) in [5, 5.41) is 6.43. The van der Waals surface area contributed by atoms with Gasteiger partial charge in [-0.2, -0.15) is 5.10 Å². The number of hydrogen-bond acceptors (Lipinski definition) is 5. The van der Waals surface area contributed by atoms with E-state index in [1.54, 1.807) is 34.1 Å². The Bertz CT molecular complexity index is 769. The van der Waals surface area contributed by atoms with Crippen molar-refractivity contribution in [3.63, 3.8) is 0 Å². The van der Waals surface area contributed by atoms with E-state index in [1.165, 1.54) is 0 Å². The van der Waals surface area contributed by atoms with E-state index in [2.05, 4.69) is 15.8 Å². The highest BCUT2D eigenvalue weighted by Gasteiger charge is 2.28. The van der Waals surface area contributed by atoms with Crippen LogP contribution in [-0.2, 0) is 14.4 Å². The zero-order chi connectivity index (χ0) is 19.2. The van der Waals surface area contributed by atoms with Gasteiger partial charge >= 0.3 is 0 Å². The van der Waals surface area contributed by atoms with E-state index in [4.69, 9.17) is 0 Å². The Kier molecular flexibility index (Phi) is 5.80. The first-order valence-electron chi connectivity index (χ1n) is 8.80. The van der Waals surface area contributed by atoms with Crippen LogP contribution in [0.2, 0.25) is 0 Å². The quantitative estimate of drug-likeness (QED) is 0.733. The standard InChI is InChI=1S/C18H21N5O4/c24-15-7-6-14(20-21-15)18(27)23-10-8-22(9-11-23)16(25)12-19-17(26)13-4-2-1-3-5-13/h1-5H,6-12H2,(H,19,26)(H,21,24). The predicted octanol–water partition coefficient (Wildman–Crippen LogP) is -0.647. The minimum atomic E-state index is -0.296. The Morgan fingerprint density at radius 1 is 1.00 bits per heavy atom. The van der Waals surface area contributed by atoms with Gasteiger partial charge in [-0.1, -0.05) is 18.2 Å². The Labute approximate surface area is 156 Å². The van der Waals surface area contributed by atoms with Crippen molar-refractivity contribution in [3.05, 3.63) is 35.9 Å². The van der Waals surface area contributed by atoms with Crippen LogP contribution >= 0.6 is 0 Å². The zero-order valence-electron chi connectivity index (χ0n) is 14.8. The summed E-state index contributed by atoms with van der Waals surface area (Å²) in [6, 6.07) is 8.70. The Morgan fingerprint density at radius 3 is 2.30 bits per heavy atom. The highest BCUT2D eigenvalue weighted by Crippen LogP contribution is 2.08. The predicted molar refractivity (Wildman–Crippen MR) is 96.7 cm³/mol. The average Bonchev–Trinajstić information content (AvgIpc) is 2.72. The first kappa shape index (κ1) is 18.6. The number of benzene rings is 1. The Morgan fingerprint density at radius 2 is 1.67 bits per heavy atom. The molecule has 2 N–H and O–H groups in total. The zero-order valence-corrected chi connectivity index (χ0v) is 14.8. The van der Waals surface area contributed by atoms with E-state index in [0.29, 0.717) is 43.9 Å². The fraction of sp³-hybridized carbons (Fsp3) is 0.389. The molecule has 27 heavy (non-hydrogen) atoms. The third kappa shape index (κ3) is 4.69. The van der Waals surface area contributed by atoms with Crippen molar-refractivity contribution in [2.45, 2.75) is 12.8 Å². The smallest absolute Gasteiger partial charge is 0.270 e. The van der Waals surface area contributed by atoms with Crippen molar-refractivity contribution in [1.29, 1.82) is 0 Å². The molecular weight excluding hydrogens is 350 g/mol. The molecule has 2 aliphatic rings. The number of hydrazone groups is 1. The van der Waals surface area contributed by atoms with Crippen LogP contribution in [0.5, 0.6) is 0 Å². The second-order valence-corrected chi connectivity index (χ2v) is 6.32. The van der Waals surface area contributed by atoms with E-state index >= 15 is 0 Å². The van der Waals surface area contributed by atoms with Crippen LogP contribution in [0, 0.1) is 0 Å². The summed E-state index contributed by atoms with van der Waals surface area (Å²) < 4.78 is 0. The van der Waals surface area contributed by atoms with Crippen LogP contribution in [0.3, 0.4) is 0 Å². The molecule has 2 heterocycles. The molecule has 1 aromatic rings. The van der Waals surface area contributed by atoms with E-state index in [-0.39, 0.29) is 36.6 Å². The molecule has 0 radical (unpaired) electrons. The molecule has 0 saturated carbocycles. The fourth-order valence-corrected chi connectivity index (χ4v) is 2.93. The van der Waals surface area contributed by atoms with Gasteiger partial charge < -0.3 is 15.1 Å². The molecule has 0 aromatic heterocycles. The van der Waals surface area contributed by atoms with Gasteiger partial charge in [-0.25, -0.2) is 5.43 Å². The van der Waals surface area contributed by atoms with Crippen LogP contribution in [0.15, 0.2) is 35.4 Å². The topological polar surface area (TPSA) is 111 Å². The number of amides is 4. The summed E-state index contributed by atoms with van der Waals surface area (Å²) in [4.78, 5) is 51.0. The van der Waals surface area contributed by atoms with Crippen LogP contribution in [0.1, 0.15) is 23.2 Å². The number of nitrogens with zero attached hydrogens (tertiary/aromatic N) is 3. The highest BCUT2D eigenvalue weighted by atomic mass is 16.2. The molecule has 1 fully saturated rings. The van der Waals surface area contributed by atoms with Gasteiger partial charge in [0.15, 0.2) is 0 Å². The van der Waals surface area contributed by atoms with Gasteiger partial charge in [0, 0.05) is 44.6 Å². The molecule has 4 amide bonds. The van der Waals surface area contributed by atoms with Gasteiger partial charge in [-0.05, 0) is 12.1 Å². The normalized spacial score (nSPS) is 17.0. The number of nitrogens with one attached hydrogen (secondary N) is 2. The van der Waals surface area contributed by atoms with E-state index in [0.717, 1.165) is 0 Å². The van der Waals surface area contributed by atoms with Gasteiger partial charge in [0.05, 0.1) is 6.54 Å². The van der Waals surface area contributed by atoms with Crippen LogP contribution < -0.4 is 10.7 Å². The van der Waals surface area contributed by atoms with Crippen molar-refractivity contribution in [2.24, 2.45) is 5.10 Å². The molecular formula is C18H21N5O4. The number of rotatable bonds is 4. The maximum atomic E-state index is 12.4. The van der Waals surface area contributed by atoms with Crippen LogP contribution in [-0.4, -0.2) is 71.9 Å². The van der Waals surface area contributed by atoms with Crippen LogP contribution in [0.25, 0.3) is 0 Å². The highest BCUT2D eigenvalue weighted by molar-refractivity contribution is 6.39. The molecule has 1 saturated heterocycles. The second-order valence-electron chi connectivity index (χ2n) is 6.32. The number of piperazine rings is 1. The molecule has 2 aliphatic heterocycles. The minimum absolute atomic E-state index is 0.0829. The molecule has 3 rings (SSSR count). The Hall–Kier alpha value is -3.23. The van der Waals surface area contributed by atoms with Gasteiger partial charge in [0.1, 0.15) is 5.71 Å². The number of carbonyl (C=O) groups excluding carboxylic acids is 4. The molecule has 0 unspecified atom stereocenters. The van der Waals surface area contributed by atoms with Gasteiger partial charge in [-0.3, -0.25) is 19.2 Å². The summed E-state index contributed by atoms with van der Waals surface area (Å²) in [6.45, 7) is 1.49. The summed E-state index contributed by atoms with van der Waals surface area (Å²) >= 11 is 0. The van der Waals surface area contributed by atoms with Gasteiger partial charge in [0.2, 0.25) is 11.8 Å². The second kappa shape index (κ2) is 8.43.